The molecule has 30 heavy (non-hydrogen) atoms. The van der Waals surface area contributed by atoms with Crippen molar-refractivity contribution in [3.05, 3.63) is 108 Å². The number of nitrogens with one attached hydrogen (secondary N) is 2. The predicted octanol–water partition coefficient (Wildman–Crippen LogP) is 7.63. The molecule has 0 unspecified atom stereocenters. The molecule has 2 nitrogen and oxygen atoms in total. The first-order valence-electron chi connectivity index (χ1n) is 10.3. The number of hydrogen-bond donors (Lipinski definition) is 2. The molecule has 0 aliphatic heterocycles. The van der Waals surface area contributed by atoms with Crippen molar-refractivity contribution in [3.8, 4) is 44.8 Å². The van der Waals surface area contributed by atoms with Gasteiger partial charge in [-0.2, -0.15) is 0 Å². The summed E-state index contributed by atoms with van der Waals surface area (Å²) in [6, 6.07) is 29.8. The Balaban J connectivity index is 1.54. The molecular formula is C28H24N2. The number of hydrogen-bond acceptors (Lipinski definition) is 0. The third-order valence-corrected chi connectivity index (χ3v) is 5.89. The fraction of sp³-hybridized carbons (Fsp3) is 0.0714. The Morgan fingerprint density at radius 2 is 0.867 bits per heavy atom. The van der Waals surface area contributed by atoms with Crippen LogP contribution in [0.4, 0.5) is 0 Å². The first-order valence-corrected chi connectivity index (χ1v) is 10.3. The average Bonchev–Trinajstić information content (AvgIpc) is 3.38. The zero-order valence-electron chi connectivity index (χ0n) is 17.2. The molecule has 0 atom stereocenters. The van der Waals surface area contributed by atoms with Crippen molar-refractivity contribution in [1.82, 2.24) is 9.97 Å². The molecule has 2 heterocycles. The number of H-pyrrole nitrogens is 2. The Bertz CT molecular complexity index is 1190. The van der Waals surface area contributed by atoms with E-state index in [1.165, 1.54) is 55.9 Å². The summed E-state index contributed by atoms with van der Waals surface area (Å²) in [5.41, 5.74) is 12.2. The van der Waals surface area contributed by atoms with Gasteiger partial charge in [0.1, 0.15) is 0 Å². The topological polar surface area (TPSA) is 31.6 Å². The van der Waals surface area contributed by atoms with Gasteiger partial charge in [0.15, 0.2) is 0 Å². The third kappa shape index (κ3) is 3.17. The molecule has 0 saturated heterocycles. The standard InChI is InChI=1S/C28H24N2/c1-19-25(21-10-5-3-6-11-21)17-29-27(19)23-14-9-15-24(16-23)28-20(2)26(18-30-28)22-12-7-4-8-13-22/h3-18,29-30H,1-2H3. The fourth-order valence-electron chi connectivity index (χ4n) is 4.26. The van der Waals surface area contributed by atoms with Crippen molar-refractivity contribution in [2.45, 2.75) is 13.8 Å². The van der Waals surface area contributed by atoms with Crippen LogP contribution in [-0.4, -0.2) is 9.97 Å². The monoisotopic (exact) mass is 388 g/mol. The van der Waals surface area contributed by atoms with E-state index in [9.17, 15) is 0 Å². The van der Waals surface area contributed by atoms with Crippen molar-refractivity contribution in [2.75, 3.05) is 0 Å². The van der Waals surface area contributed by atoms with Gasteiger partial charge in [-0.25, -0.2) is 0 Å². The molecule has 0 radical (unpaired) electrons. The van der Waals surface area contributed by atoms with E-state index in [2.05, 4.69) is 121 Å². The highest BCUT2D eigenvalue weighted by Crippen LogP contribution is 2.35. The number of aromatic amines is 2. The van der Waals surface area contributed by atoms with Crippen molar-refractivity contribution in [1.29, 1.82) is 0 Å². The molecule has 0 amide bonds. The van der Waals surface area contributed by atoms with E-state index in [1.807, 2.05) is 0 Å². The maximum absolute atomic E-state index is 3.50. The maximum atomic E-state index is 3.50. The Kier molecular flexibility index (Phi) is 4.61. The lowest BCUT2D eigenvalue weighted by Crippen LogP contribution is -1.86. The molecule has 0 spiro atoms. The molecule has 5 rings (SSSR count). The summed E-state index contributed by atoms with van der Waals surface area (Å²) < 4.78 is 0. The van der Waals surface area contributed by atoms with E-state index < -0.39 is 0 Å². The minimum atomic E-state index is 1.17. The van der Waals surface area contributed by atoms with E-state index in [0.717, 1.165) is 0 Å². The normalized spacial score (nSPS) is 11.0. The van der Waals surface area contributed by atoms with E-state index in [1.54, 1.807) is 0 Å². The Hall–Kier alpha value is -3.78. The summed E-state index contributed by atoms with van der Waals surface area (Å²) in [6.45, 7) is 4.38. The van der Waals surface area contributed by atoms with Gasteiger partial charge in [-0.15, -0.1) is 0 Å². The lowest BCUT2D eigenvalue weighted by Gasteiger charge is -2.07. The second-order valence-corrected chi connectivity index (χ2v) is 7.72. The van der Waals surface area contributed by atoms with E-state index in [0.29, 0.717) is 0 Å². The Morgan fingerprint density at radius 1 is 0.467 bits per heavy atom. The van der Waals surface area contributed by atoms with Crippen LogP contribution in [0.15, 0.2) is 97.3 Å². The highest BCUT2D eigenvalue weighted by atomic mass is 14.7. The molecule has 3 aromatic carbocycles. The highest BCUT2D eigenvalue weighted by molar-refractivity contribution is 5.81. The van der Waals surface area contributed by atoms with Gasteiger partial charge in [-0.05, 0) is 53.3 Å². The number of rotatable bonds is 4. The van der Waals surface area contributed by atoms with Gasteiger partial charge in [0.25, 0.3) is 0 Å². The number of benzene rings is 3. The van der Waals surface area contributed by atoms with Crippen LogP contribution in [0.5, 0.6) is 0 Å². The summed E-state index contributed by atoms with van der Waals surface area (Å²) in [6.07, 6.45) is 4.22. The third-order valence-electron chi connectivity index (χ3n) is 5.89. The first-order chi connectivity index (χ1) is 14.7. The van der Waals surface area contributed by atoms with Crippen molar-refractivity contribution in [2.24, 2.45) is 0 Å². The summed E-state index contributed by atoms with van der Waals surface area (Å²) in [5, 5.41) is 0. The molecule has 0 aliphatic rings. The van der Waals surface area contributed by atoms with Gasteiger partial charge in [-0.1, -0.05) is 78.9 Å². The van der Waals surface area contributed by atoms with Crippen LogP contribution in [0, 0.1) is 13.8 Å². The summed E-state index contributed by atoms with van der Waals surface area (Å²) in [5.74, 6) is 0. The lowest BCUT2D eigenvalue weighted by atomic mass is 9.97. The van der Waals surface area contributed by atoms with Gasteiger partial charge in [0.05, 0.1) is 0 Å². The molecule has 0 aliphatic carbocycles. The SMILES string of the molecule is Cc1c(-c2ccccc2)c[nH]c1-c1cccc(-c2[nH]cc(-c3ccccc3)c2C)c1. The van der Waals surface area contributed by atoms with Crippen LogP contribution in [0.3, 0.4) is 0 Å². The van der Waals surface area contributed by atoms with Crippen LogP contribution in [0.25, 0.3) is 44.8 Å². The van der Waals surface area contributed by atoms with Crippen LogP contribution in [-0.2, 0) is 0 Å². The van der Waals surface area contributed by atoms with Crippen molar-refractivity contribution >= 4 is 0 Å². The second kappa shape index (κ2) is 7.57. The molecule has 5 aromatic rings. The largest absolute Gasteiger partial charge is 0.360 e. The van der Waals surface area contributed by atoms with Crippen molar-refractivity contribution < 1.29 is 0 Å². The lowest BCUT2D eigenvalue weighted by molar-refractivity contribution is 1.35. The Morgan fingerprint density at radius 3 is 1.30 bits per heavy atom. The Labute approximate surface area is 177 Å². The van der Waals surface area contributed by atoms with Crippen LogP contribution in [0.1, 0.15) is 11.1 Å². The van der Waals surface area contributed by atoms with Gasteiger partial charge in [-0.3, -0.25) is 0 Å². The molecule has 2 aromatic heterocycles. The minimum absolute atomic E-state index is 1.17. The van der Waals surface area contributed by atoms with Gasteiger partial charge in [0.2, 0.25) is 0 Å². The van der Waals surface area contributed by atoms with Crippen molar-refractivity contribution in [3.63, 3.8) is 0 Å². The van der Waals surface area contributed by atoms with Crippen LogP contribution >= 0.6 is 0 Å². The first kappa shape index (κ1) is 18.3. The van der Waals surface area contributed by atoms with Gasteiger partial charge in [0, 0.05) is 34.9 Å². The van der Waals surface area contributed by atoms with Gasteiger partial charge >= 0.3 is 0 Å². The van der Waals surface area contributed by atoms with E-state index >= 15 is 0 Å². The molecule has 0 fully saturated rings. The summed E-state index contributed by atoms with van der Waals surface area (Å²) in [7, 11) is 0. The molecule has 0 saturated carbocycles. The fourth-order valence-corrected chi connectivity index (χ4v) is 4.26. The second-order valence-electron chi connectivity index (χ2n) is 7.72. The zero-order valence-corrected chi connectivity index (χ0v) is 17.2. The quantitative estimate of drug-likeness (QED) is 0.317. The predicted molar refractivity (Wildman–Crippen MR) is 126 cm³/mol. The zero-order chi connectivity index (χ0) is 20.5. The van der Waals surface area contributed by atoms with E-state index in [-0.39, 0.29) is 0 Å². The molecule has 2 heteroatoms. The molecule has 2 N–H and O–H groups in total. The molecular weight excluding hydrogens is 364 g/mol. The number of aromatic nitrogens is 2. The average molecular weight is 389 g/mol. The van der Waals surface area contributed by atoms with E-state index in [4.69, 9.17) is 0 Å². The maximum Gasteiger partial charge on any atom is 0.0490 e. The molecule has 146 valence electrons. The highest BCUT2D eigenvalue weighted by Gasteiger charge is 2.14. The molecule has 0 bridgehead atoms. The minimum Gasteiger partial charge on any atom is -0.360 e. The van der Waals surface area contributed by atoms with Crippen LogP contribution < -0.4 is 0 Å². The van der Waals surface area contributed by atoms with Gasteiger partial charge < -0.3 is 9.97 Å². The summed E-state index contributed by atoms with van der Waals surface area (Å²) >= 11 is 0. The van der Waals surface area contributed by atoms with Crippen LogP contribution in [0.2, 0.25) is 0 Å². The smallest absolute Gasteiger partial charge is 0.0490 e. The summed E-state index contributed by atoms with van der Waals surface area (Å²) in [4.78, 5) is 7.01.